The summed E-state index contributed by atoms with van der Waals surface area (Å²) < 4.78 is 51.1. The number of alkyl halides is 3. The number of hydrogen-bond acceptors (Lipinski definition) is 5. The first-order chi connectivity index (χ1) is 9.28. The van der Waals surface area contributed by atoms with Crippen molar-refractivity contribution >= 4 is 18.4 Å². The third-order valence-electron chi connectivity index (χ3n) is 2.54. The van der Waals surface area contributed by atoms with Crippen LogP contribution >= 0.6 is 0 Å². The van der Waals surface area contributed by atoms with Crippen molar-refractivity contribution in [2.45, 2.75) is 19.9 Å². The molecule has 20 heavy (non-hydrogen) atoms. The molecule has 1 heterocycles. The van der Waals surface area contributed by atoms with Crippen LogP contribution in [-0.2, 0) is 16.1 Å². The van der Waals surface area contributed by atoms with E-state index in [1.54, 1.807) is 0 Å². The summed E-state index contributed by atoms with van der Waals surface area (Å²) in [6.07, 6.45) is -4.95. The molecule has 1 aliphatic rings. The molecule has 0 saturated carbocycles. The Morgan fingerprint density at radius 1 is 1.50 bits per heavy atom. The highest BCUT2D eigenvalue weighted by atomic mass is 19.4. The zero-order chi connectivity index (χ0) is 14.9. The molecule has 0 fully saturated rings. The summed E-state index contributed by atoms with van der Waals surface area (Å²) in [4.78, 5) is 10.8. The normalized spacial score (nSPS) is 14.2. The highest BCUT2D eigenvalue weighted by Gasteiger charge is 2.39. The van der Waals surface area contributed by atoms with Gasteiger partial charge in [0, 0.05) is 5.46 Å². The van der Waals surface area contributed by atoms with E-state index < -0.39 is 25.8 Å². The van der Waals surface area contributed by atoms with Gasteiger partial charge in [0.05, 0.1) is 6.61 Å². The Kier molecular flexibility index (Phi) is 3.91. The van der Waals surface area contributed by atoms with Gasteiger partial charge in [0.2, 0.25) is 0 Å². The average Bonchev–Trinajstić information content (AvgIpc) is 2.68. The summed E-state index contributed by atoms with van der Waals surface area (Å²) in [5, 5.41) is 9.57. The predicted molar refractivity (Wildman–Crippen MR) is 61.7 cm³/mol. The van der Waals surface area contributed by atoms with Crippen LogP contribution in [0.1, 0.15) is 12.5 Å². The minimum absolute atomic E-state index is 0.0301. The van der Waals surface area contributed by atoms with Crippen LogP contribution in [0, 0.1) is 0 Å². The van der Waals surface area contributed by atoms with E-state index >= 15 is 0 Å². The van der Waals surface area contributed by atoms with Gasteiger partial charge in [-0.2, -0.15) is 0 Å². The number of benzene rings is 1. The lowest BCUT2D eigenvalue weighted by atomic mass is 9.78. The third kappa shape index (κ3) is 3.23. The van der Waals surface area contributed by atoms with Crippen molar-refractivity contribution in [3.8, 4) is 11.5 Å². The number of fused-ring (bicyclic) bond motifs is 1. The van der Waals surface area contributed by atoms with Crippen molar-refractivity contribution in [1.82, 2.24) is 0 Å². The summed E-state index contributed by atoms with van der Waals surface area (Å²) in [5.74, 6) is -1.32. The van der Waals surface area contributed by atoms with Gasteiger partial charge in [0.15, 0.2) is 17.3 Å². The van der Waals surface area contributed by atoms with E-state index in [9.17, 15) is 23.0 Å². The van der Waals surface area contributed by atoms with E-state index in [1.807, 2.05) is 0 Å². The lowest BCUT2D eigenvalue weighted by Crippen LogP contribution is -2.33. The second-order valence-corrected chi connectivity index (χ2v) is 4.17. The molecule has 1 aromatic carbocycles. The standard InChI is InChI=1S/C11H10BF3O5/c1-6(16)4-18-8-3-2-7-5-19-12(17)9(7)10(8)20-11(13,14)15/h2-3,17H,4-5H2,1H3. The highest BCUT2D eigenvalue weighted by molar-refractivity contribution is 6.62. The van der Waals surface area contributed by atoms with E-state index in [1.165, 1.54) is 19.1 Å². The van der Waals surface area contributed by atoms with Crippen molar-refractivity contribution in [1.29, 1.82) is 0 Å². The molecule has 108 valence electrons. The molecule has 0 unspecified atom stereocenters. The number of ketones is 1. The molecule has 0 bridgehead atoms. The number of carbonyl (C=O) groups is 1. The van der Waals surface area contributed by atoms with Gasteiger partial charge in [-0.1, -0.05) is 6.07 Å². The van der Waals surface area contributed by atoms with Crippen molar-refractivity contribution in [3.05, 3.63) is 17.7 Å². The van der Waals surface area contributed by atoms with Crippen molar-refractivity contribution in [2.75, 3.05) is 6.61 Å². The fraction of sp³-hybridized carbons (Fsp3) is 0.364. The first kappa shape index (κ1) is 14.7. The average molecular weight is 290 g/mol. The molecule has 1 aromatic rings. The maximum atomic E-state index is 12.4. The second-order valence-electron chi connectivity index (χ2n) is 4.17. The van der Waals surface area contributed by atoms with Gasteiger partial charge in [-0.05, 0) is 18.6 Å². The van der Waals surface area contributed by atoms with Crippen LogP contribution in [0.2, 0.25) is 0 Å². The molecule has 9 heteroatoms. The monoisotopic (exact) mass is 290 g/mol. The maximum absolute atomic E-state index is 12.4. The van der Waals surface area contributed by atoms with Crippen LogP contribution in [0.3, 0.4) is 0 Å². The molecule has 1 aliphatic heterocycles. The Morgan fingerprint density at radius 2 is 2.20 bits per heavy atom. The summed E-state index contributed by atoms with van der Waals surface area (Å²) >= 11 is 0. The number of carbonyl (C=O) groups excluding carboxylic acids is 1. The fourth-order valence-electron chi connectivity index (χ4n) is 1.78. The van der Waals surface area contributed by atoms with E-state index in [0.717, 1.165) is 0 Å². The second kappa shape index (κ2) is 5.33. The smallest absolute Gasteiger partial charge is 0.482 e. The van der Waals surface area contributed by atoms with E-state index in [2.05, 4.69) is 4.74 Å². The van der Waals surface area contributed by atoms with Gasteiger partial charge in [-0.3, -0.25) is 4.79 Å². The molecular weight excluding hydrogens is 280 g/mol. The van der Waals surface area contributed by atoms with Crippen LogP contribution in [0.15, 0.2) is 12.1 Å². The highest BCUT2D eigenvalue weighted by Crippen LogP contribution is 2.33. The molecule has 0 aliphatic carbocycles. The van der Waals surface area contributed by atoms with Gasteiger partial charge in [0.1, 0.15) is 6.61 Å². The lowest BCUT2D eigenvalue weighted by molar-refractivity contribution is -0.274. The Labute approximate surface area is 112 Å². The van der Waals surface area contributed by atoms with Crippen LogP contribution in [0.4, 0.5) is 13.2 Å². The third-order valence-corrected chi connectivity index (χ3v) is 2.54. The quantitative estimate of drug-likeness (QED) is 0.830. The molecule has 0 amide bonds. The fourth-order valence-corrected chi connectivity index (χ4v) is 1.78. The number of rotatable bonds is 4. The largest absolute Gasteiger partial charge is 0.573 e. The number of halogens is 3. The molecule has 0 spiro atoms. The Morgan fingerprint density at radius 3 is 2.80 bits per heavy atom. The molecule has 1 N–H and O–H groups in total. The molecule has 0 atom stereocenters. The van der Waals surface area contributed by atoms with E-state index in [-0.39, 0.29) is 23.6 Å². The Balaban J connectivity index is 2.41. The summed E-state index contributed by atoms with van der Waals surface area (Å²) in [5.41, 5.74) is 0.232. The van der Waals surface area contributed by atoms with Crippen LogP contribution < -0.4 is 14.9 Å². The first-order valence-electron chi connectivity index (χ1n) is 5.61. The van der Waals surface area contributed by atoms with Gasteiger partial charge in [0.25, 0.3) is 0 Å². The number of hydrogen-bond donors (Lipinski definition) is 1. The molecule has 0 radical (unpaired) electrons. The van der Waals surface area contributed by atoms with Crippen molar-refractivity contribution in [2.24, 2.45) is 0 Å². The topological polar surface area (TPSA) is 65.0 Å². The van der Waals surface area contributed by atoms with Crippen molar-refractivity contribution < 1.29 is 37.1 Å². The van der Waals surface area contributed by atoms with Gasteiger partial charge in [-0.25, -0.2) is 0 Å². The van der Waals surface area contributed by atoms with Crippen LogP contribution in [0.5, 0.6) is 11.5 Å². The summed E-state index contributed by atoms with van der Waals surface area (Å²) in [7, 11) is -1.52. The Hall–Kier alpha value is -1.74. The van der Waals surface area contributed by atoms with Gasteiger partial charge < -0.3 is 19.2 Å². The van der Waals surface area contributed by atoms with E-state index in [0.29, 0.717) is 5.56 Å². The number of ether oxygens (including phenoxy) is 2. The lowest BCUT2D eigenvalue weighted by Gasteiger charge is -2.16. The molecular formula is C11H10BF3O5. The van der Waals surface area contributed by atoms with Gasteiger partial charge >= 0.3 is 13.5 Å². The van der Waals surface area contributed by atoms with E-state index in [4.69, 9.17) is 9.39 Å². The maximum Gasteiger partial charge on any atom is 0.573 e. The van der Waals surface area contributed by atoms with Gasteiger partial charge in [-0.15, -0.1) is 13.2 Å². The molecule has 5 nitrogen and oxygen atoms in total. The minimum atomic E-state index is -4.95. The first-order valence-corrected chi connectivity index (χ1v) is 5.61. The molecule has 0 aromatic heterocycles. The number of Topliss-reactive ketones (excluding diaryl/α,β-unsaturated/α-hetero) is 1. The molecule has 0 saturated heterocycles. The van der Waals surface area contributed by atoms with Crippen molar-refractivity contribution in [3.63, 3.8) is 0 Å². The predicted octanol–water partition coefficient (Wildman–Crippen LogP) is 0.771. The summed E-state index contributed by atoms with van der Waals surface area (Å²) in [6, 6.07) is 2.69. The zero-order valence-corrected chi connectivity index (χ0v) is 10.4. The SMILES string of the molecule is CC(=O)COc1ccc2c(c1OC(F)(F)F)B(O)OC2. The zero-order valence-electron chi connectivity index (χ0n) is 10.4. The minimum Gasteiger partial charge on any atom is -0.482 e. The van der Waals surface area contributed by atoms with Crippen LogP contribution in [0.25, 0.3) is 0 Å². The summed E-state index contributed by atoms with van der Waals surface area (Å²) in [6.45, 7) is 0.803. The molecule has 2 rings (SSSR count). The Bertz CT molecular complexity index is 532. The van der Waals surface area contributed by atoms with Crippen LogP contribution in [-0.4, -0.2) is 30.9 Å².